The number of ether oxygens (including phenoxy) is 1. The van der Waals surface area contributed by atoms with Gasteiger partial charge in [0.05, 0.1) is 18.0 Å². The minimum Gasteiger partial charge on any atom is -0.492 e. The molecule has 5 heteroatoms. The van der Waals surface area contributed by atoms with E-state index < -0.39 is 0 Å². The van der Waals surface area contributed by atoms with E-state index in [4.69, 9.17) is 9.72 Å². The minimum absolute atomic E-state index is 0.0568. The first-order valence-corrected chi connectivity index (χ1v) is 11.3. The topological polar surface area (TPSA) is 47.4 Å². The fourth-order valence-electron chi connectivity index (χ4n) is 4.32. The van der Waals surface area contributed by atoms with Crippen molar-refractivity contribution in [1.29, 1.82) is 0 Å². The van der Waals surface area contributed by atoms with Gasteiger partial charge in [-0.05, 0) is 52.2 Å². The van der Waals surface area contributed by atoms with Gasteiger partial charge in [0.15, 0.2) is 5.69 Å². The van der Waals surface area contributed by atoms with E-state index in [0.29, 0.717) is 18.8 Å². The molecule has 1 amide bonds. The second-order valence-corrected chi connectivity index (χ2v) is 8.01. The van der Waals surface area contributed by atoms with E-state index in [1.165, 1.54) is 12.0 Å². The predicted octanol–water partition coefficient (Wildman–Crippen LogP) is 5.65. The number of carbonyl (C=O) groups excluding carboxylic acids is 1. The van der Waals surface area contributed by atoms with Crippen LogP contribution in [0.25, 0.3) is 11.4 Å². The van der Waals surface area contributed by atoms with E-state index in [2.05, 4.69) is 35.8 Å². The zero-order chi connectivity index (χ0) is 21.8. The number of carbonyl (C=O) groups is 1. The highest BCUT2D eigenvalue weighted by Gasteiger charge is 2.28. The second kappa shape index (κ2) is 9.38. The van der Waals surface area contributed by atoms with Crippen LogP contribution < -0.4 is 9.64 Å². The van der Waals surface area contributed by atoms with Gasteiger partial charge in [-0.1, -0.05) is 48.4 Å². The molecule has 0 saturated carbocycles. The van der Waals surface area contributed by atoms with Gasteiger partial charge in [0.1, 0.15) is 11.6 Å². The Kier molecular flexibility index (Phi) is 6.40. The summed E-state index contributed by atoms with van der Waals surface area (Å²) in [7, 11) is 0. The molecule has 5 nitrogen and oxygen atoms in total. The van der Waals surface area contributed by atoms with Gasteiger partial charge in [0.25, 0.3) is 5.91 Å². The average Bonchev–Trinajstić information content (AvgIpc) is 2.97. The molecule has 1 aliphatic rings. The molecule has 31 heavy (non-hydrogen) atoms. The van der Waals surface area contributed by atoms with Gasteiger partial charge in [-0.25, -0.2) is 4.98 Å². The summed E-state index contributed by atoms with van der Waals surface area (Å²) < 4.78 is 8.08. The van der Waals surface area contributed by atoms with E-state index in [9.17, 15) is 4.79 Å². The lowest BCUT2D eigenvalue weighted by molar-refractivity contribution is 0.0982. The van der Waals surface area contributed by atoms with Crippen LogP contribution in [0.1, 0.15) is 54.9 Å². The number of aryl methyl sites for hydroxylation is 1. The summed E-state index contributed by atoms with van der Waals surface area (Å²) in [6.45, 7) is 8.05. The van der Waals surface area contributed by atoms with E-state index in [0.717, 1.165) is 54.3 Å². The third kappa shape index (κ3) is 4.22. The molecule has 1 aromatic heterocycles. The van der Waals surface area contributed by atoms with E-state index in [1.807, 2.05) is 38.1 Å². The molecular formula is C26H31N3O2. The van der Waals surface area contributed by atoms with Crippen molar-refractivity contribution in [3.8, 4) is 17.1 Å². The lowest BCUT2D eigenvalue weighted by Gasteiger charge is -2.23. The number of anilines is 1. The van der Waals surface area contributed by atoms with Gasteiger partial charge < -0.3 is 14.2 Å². The Morgan fingerprint density at radius 2 is 1.84 bits per heavy atom. The molecule has 0 spiro atoms. The van der Waals surface area contributed by atoms with Gasteiger partial charge in [-0.3, -0.25) is 4.79 Å². The summed E-state index contributed by atoms with van der Waals surface area (Å²) in [5.74, 6) is 1.57. The van der Waals surface area contributed by atoms with Crippen molar-refractivity contribution in [2.45, 2.75) is 53.0 Å². The van der Waals surface area contributed by atoms with E-state index in [1.54, 1.807) is 4.90 Å². The van der Waals surface area contributed by atoms with Crippen LogP contribution in [0.4, 0.5) is 5.69 Å². The van der Waals surface area contributed by atoms with Crippen LogP contribution in [0, 0.1) is 6.92 Å². The number of benzene rings is 2. The third-order valence-corrected chi connectivity index (χ3v) is 5.90. The summed E-state index contributed by atoms with van der Waals surface area (Å²) in [4.78, 5) is 20.5. The largest absolute Gasteiger partial charge is 0.492 e. The molecule has 0 unspecified atom stereocenters. The SMILES string of the molecule is CCOc1ccccc1N(CC)C(=O)c1nc(-c2ccc(C)cc2)n2c1CCCCC2. The minimum atomic E-state index is -0.0568. The summed E-state index contributed by atoms with van der Waals surface area (Å²) >= 11 is 0. The highest BCUT2D eigenvalue weighted by molar-refractivity contribution is 6.06. The van der Waals surface area contributed by atoms with Crippen molar-refractivity contribution in [3.05, 3.63) is 65.5 Å². The van der Waals surface area contributed by atoms with Crippen molar-refractivity contribution in [1.82, 2.24) is 9.55 Å². The van der Waals surface area contributed by atoms with Crippen LogP contribution in [0.5, 0.6) is 5.75 Å². The van der Waals surface area contributed by atoms with E-state index in [-0.39, 0.29) is 5.91 Å². The number of rotatable bonds is 6. The molecule has 0 N–H and O–H groups in total. The number of nitrogens with zero attached hydrogens (tertiary/aromatic N) is 3. The van der Waals surface area contributed by atoms with Crippen LogP contribution in [0.3, 0.4) is 0 Å². The standard InChI is InChI=1S/C26H31N3O2/c1-4-28(21-11-8-9-13-23(21)31-5-2)26(30)24-22-12-7-6-10-18-29(22)25(27-24)20-16-14-19(3)15-17-20/h8-9,11,13-17H,4-7,10,12,18H2,1-3H3. The highest BCUT2D eigenvalue weighted by atomic mass is 16.5. The molecule has 4 rings (SSSR count). The molecular weight excluding hydrogens is 386 g/mol. The maximum atomic E-state index is 13.8. The Bertz CT molecular complexity index is 1050. The zero-order valence-corrected chi connectivity index (χ0v) is 18.7. The van der Waals surface area contributed by atoms with Gasteiger partial charge in [-0.2, -0.15) is 0 Å². The third-order valence-electron chi connectivity index (χ3n) is 5.90. The Morgan fingerprint density at radius 3 is 2.58 bits per heavy atom. The number of amides is 1. The quantitative estimate of drug-likeness (QED) is 0.521. The lowest BCUT2D eigenvalue weighted by atomic mass is 10.1. The first-order chi connectivity index (χ1) is 15.1. The van der Waals surface area contributed by atoms with Crippen LogP contribution in [-0.2, 0) is 13.0 Å². The van der Waals surface area contributed by atoms with Gasteiger partial charge in [-0.15, -0.1) is 0 Å². The van der Waals surface area contributed by atoms with Crippen molar-refractivity contribution in [2.75, 3.05) is 18.1 Å². The molecule has 1 aliphatic heterocycles. The van der Waals surface area contributed by atoms with Gasteiger partial charge in [0, 0.05) is 18.7 Å². The molecule has 0 fully saturated rings. The van der Waals surface area contributed by atoms with Gasteiger partial charge >= 0.3 is 0 Å². The smallest absolute Gasteiger partial charge is 0.278 e. The Morgan fingerprint density at radius 1 is 1.06 bits per heavy atom. The van der Waals surface area contributed by atoms with Crippen LogP contribution in [0.2, 0.25) is 0 Å². The maximum Gasteiger partial charge on any atom is 0.278 e. The fourth-order valence-corrected chi connectivity index (χ4v) is 4.32. The highest BCUT2D eigenvalue weighted by Crippen LogP contribution is 2.32. The number of aromatic nitrogens is 2. The Labute approximate surface area is 184 Å². The number of hydrogen-bond acceptors (Lipinski definition) is 3. The zero-order valence-electron chi connectivity index (χ0n) is 18.7. The fraction of sp³-hybridized carbons (Fsp3) is 0.385. The molecule has 2 heterocycles. The van der Waals surface area contributed by atoms with Crippen molar-refractivity contribution >= 4 is 11.6 Å². The summed E-state index contributed by atoms with van der Waals surface area (Å²) in [5.41, 5.74) is 4.71. The molecule has 0 saturated heterocycles. The molecule has 2 aromatic carbocycles. The molecule has 162 valence electrons. The molecule has 0 aliphatic carbocycles. The lowest BCUT2D eigenvalue weighted by Crippen LogP contribution is -2.32. The molecule has 0 bridgehead atoms. The predicted molar refractivity (Wildman–Crippen MR) is 125 cm³/mol. The summed E-state index contributed by atoms with van der Waals surface area (Å²) in [6, 6.07) is 16.2. The van der Waals surface area contributed by atoms with E-state index >= 15 is 0 Å². The molecule has 0 radical (unpaired) electrons. The van der Waals surface area contributed by atoms with Gasteiger partial charge in [0.2, 0.25) is 0 Å². The summed E-state index contributed by atoms with van der Waals surface area (Å²) in [6.07, 6.45) is 4.25. The first kappa shape index (κ1) is 21.2. The number of imidazole rings is 1. The first-order valence-electron chi connectivity index (χ1n) is 11.3. The normalized spacial score (nSPS) is 13.4. The monoisotopic (exact) mass is 417 g/mol. The number of fused-ring (bicyclic) bond motifs is 1. The van der Waals surface area contributed by atoms with Crippen LogP contribution >= 0.6 is 0 Å². The maximum absolute atomic E-state index is 13.8. The Hall–Kier alpha value is -3.08. The number of para-hydroxylation sites is 2. The van der Waals surface area contributed by atoms with Crippen molar-refractivity contribution < 1.29 is 9.53 Å². The van der Waals surface area contributed by atoms with Crippen LogP contribution in [0.15, 0.2) is 48.5 Å². The average molecular weight is 418 g/mol. The second-order valence-electron chi connectivity index (χ2n) is 8.01. The van der Waals surface area contributed by atoms with Crippen molar-refractivity contribution in [3.63, 3.8) is 0 Å². The summed E-state index contributed by atoms with van der Waals surface area (Å²) in [5, 5.41) is 0. The van der Waals surface area contributed by atoms with Crippen molar-refractivity contribution in [2.24, 2.45) is 0 Å². The molecule has 3 aromatic rings. The number of hydrogen-bond donors (Lipinski definition) is 0. The molecule has 0 atom stereocenters. The van der Waals surface area contributed by atoms with Crippen LogP contribution in [-0.4, -0.2) is 28.6 Å². The Balaban J connectivity index is 1.79.